The molecular formula is C9H13BrN2. The van der Waals surface area contributed by atoms with Gasteiger partial charge in [0.25, 0.3) is 0 Å². The van der Waals surface area contributed by atoms with Gasteiger partial charge in [0.05, 0.1) is 6.20 Å². The van der Waals surface area contributed by atoms with E-state index in [1.54, 1.807) is 0 Å². The molecule has 0 N–H and O–H groups in total. The van der Waals surface area contributed by atoms with E-state index in [0.29, 0.717) is 4.83 Å². The maximum Gasteiger partial charge on any atom is 0.0525 e. The first-order valence-corrected chi connectivity index (χ1v) is 5.40. The number of nitrogens with zero attached hydrogens (tertiary/aromatic N) is 2. The summed E-state index contributed by atoms with van der Waals surface area (Å²) in [5.41, 5.74) is 2.89. The van der Waals surface area contributed by atoms with Crippen LogP contribution in [0, 0.1) is 0 Å². The molecule has 0 saturated carbocycles. The fourth-order valence-corrected chi connectivity index (χ4v) is 2.39. The van der Waals surface area contributed by atoms with Crippen LogP contribution in [0.15, 0.2) is 6.20 Å². The molecule has 2 rings (SSSR count). The Morgan fingerprint density at radius 2 is 2.58 bits per heavy atom. The smallest absolute Gasteiger partial charge is 0.0525 e. The Morgan fingerprint density at radius 3 is 3.33 bits per heavy atom. The summed E-state index contributed by atoms with van der Waals surface area (Å²) in [7, 11) is 0. The molecule has 1 atom stereocenters. The van der Waals surface area contributed by atoms with Crippen LogP contribution in [0.5, 0.6) is 0 Å². The number of hydrogen-bond donors (Lipinski definition) is 0. The van der Waals surface area contributed by atoms with Crippen molar-refractivity contribution in [1.82, 2.24) is 9.78 Å². The maximum absolute atomic E-state index is 4.35. The molecule has 12 heavy (non-hydrogen) atoms. The summed E-state index contributed by atoms with van der Waals surface area (Å²) < 4.78 is 2.12. The Bertz CT molecular complexity index is 280. The number of fused-ring (bicyclic) bond motifs is 1. The zero-order valence-corrected chi connectivity index (χ0v) is 8.84. The molecule has 1 aliphatic carbocycles. The van der Waals surface area contributed by atoms with Gasteiger partial charge in [0, 0.05) is 17.1 Å². The second kappa shape index (κ2) is 3.21. The molecule has 0 bridgehead atoms. The summed E-state index contributed by atoms with van der Waals surface area (Å²) in [6.07, 6.45) is 5.60. The third-order valence-corrected chi connectivity index (χ3v) is 3.25. The number of rotatable bonds is 1. The van der Waals surface area contributed by atoms with Crippen molar-refractivity contribution in [3.63, 3.8) is 0 Å². The second-order valence-corrected chi connectivity index (χ2v) is 4.57. The third kappa shape index (κ3) is 1.30. The quantitative estimate of drug-likeness (QED) is 0.674. The molecule has 3 heteroatoms. The van der Waals surface area contributed by atoms with E-state index < -0.39 is 0 Å². The lowest BCUT2D eigenvalue weighted by Gasteiger charge is -2.17. The van der Waals surface area contributed by atoms with Crippen molar-refractivity contribution in [3.05, 3.63) is 17.5 Å². The fourth-order valence-electron chi connectivity index (χ4n) is 1.82. The summed E-state index contributed by atoms with van der Waals surface area (Å²) in [4.78, 5) is 0.666. The van der Waals surface area contributed by atoms with Crippen molar-refractivity contribution in [2.24, 2.45) is 0 Å². The van der Waals surface area contributed by atoms with E-state index in [4.69, 9.17) is 0 Å². The number of halogens is 1. The molecule has 0 amide bonds. The van der Waals surface area contributed by atoms with Gasteiger partial charge in [0.2, 0.25) is 0 Å². The summed E-state index contributed by atoms with van der Waals surface area (Å²) in [6.45, 7) is 3.15. The predicted molar refractivity (Wildman–Crippen MR) is 52.6 cm³/mol. The maximum atomic E-state index is 4.35. The van der Waals surface area contributed by atoms with Gasteiger partial charge in [-0.25, -0.2) is 0 Å². The van der Waals surface area contributed by atoms with Crippen LogP contribution in [0.4, 0.5) is 0 Å². The second-order valence-electron chi connectivity index (χ2n) is 3.27. The van der Waals surface area contributed by atoms with Crippen molar-refractivity contribution in [1.29, 1.82) is 0 Å². The molecule has 0 fully saturated rings. The summed E-state index contributed by atoms with van der Waals surface area (Å²) in [5, 5.41) is 4.35. The van der Waals surface area contributed by atoms with E-state index in [1.807, 2.05) is 6.20 Å². The molecule has 0 unspecified atom stereocenters. The molecule has 0 aliphatic heterocycles. The van der Waals surface area contributed by atoms with Crippen molar-refractivity contribution in [2.75, 3.05) is 0 Å². The molecular weight excluding hydrogens is 216 g/mol. The average Bonchev–Trinajstić information content (AvgIpc) is 2.46. The minimum absolute atomic E-state index is 0.666. The Hall–Kier alpha value is -0.310. The molecule has 1 aromatic heterocycles. The highest BCUT2D eigenvalue weighted by atomic mass is 79.9. The highest BCUT2D eigenvalue weighted by molar-refractivity contribution is 9.09. The van der Waals surface area contributed by atoms with Gasteiger partial charge >= 0.3 is 0 Å². The standard InChI is InChI=1S/C9H13BrN2/c1-2-12-9-4-3-8(10)5-7(9)6-11-12/h6,8H,2-5H2,1H3/t8-/m1/s1. The Kier molecular flexibility index (Phi) is 2.22. The third-order valence-electron chi connectivity index (χ3n) is 2.47. The lowest BCUT2D eigenvalue weighted by Crippen LogP contribution is -2.15. The lowest BCUT2D eigenvalue weighted by atomic mass is 9.98. The van der Waals surface area contributed by atoms with Crippen molar-refractivity contribution in [2.45, 2.75) is 37.6 Å². The van der Waals surface area contributed by atoms with Gasteiger partial charge in [0.15, 0.2) is 0 Å². The zero-order chi connectivity index (χ0) is 8.55. The van der Waals surface area contributed by atoms with Gasteiger partial charge < -0.3 is 0 Å². The minimum atomic E-state index is 0.666. The van der Waals surface area contributed by atoms with E-state index >= 15 is 0 Å². The molecule has 1 aliphatic rings. The van der Waals surface area contributed by atoms with E-state index in [0.717, 1.165) is 13.0 Å². The zero-order valence-electron chi connectivity index (χ0n) is 7.26. The largest absolute Gasteiger partial charge is 0.270 e. The van der Waals surface area contributed by atoms with E-state index in [-0.39, 0.29) is 0 Å². The minimum Gasteiger partial charge on any atom is -0.270 e. The number of hydrogen-bond acceptors (Lipinski definition) is 1. The summed E-state index contributed by atoms with van der Waals surface area (Å²) >= 11 is 3.65. The molecule has 0 radical (unpaired) electrons. The van der Waals surface area contributed by atoms with E-state index in [2.05, 4.69) is 32.6 Å². The SMILES string of the molecule is CCn1ncc2c1CC[C@@H](Br)C2. The highest BCUT2D eigenvalue weighted by Crippen LogP contribution is 2.25. The number of aryl methyl sites for hydroxylation is 1. The normalized spacial score (nSPS) is 22.3. The summed E-state index contributed by atoms with van der Waals surface area (Å²) in [5.74, 6) is 0. The predicted octanol–water partition coefficient (Wildman–Crippen LogP) is 2.16. The van der Waals surface area contributed by atoms with Crippen LogP contribution in [-0.4, -0.2) is 14.6 Å². The Labute approximate surface area is 81.1 Å². The van der Waals surface area contributed by atoms with Gasteiger partial charge in [-0.2, -0.15) is 5.10 Å². The van der Waals surface area contributed by atoms with E-state index in [1.165, 1.54) is 24.1 Å². The molecule has 0 saturated heterocycles. The number of alkyl halides is 1. The molecule has 1 heterocycles. The van der Waals surface area contributed by atoms with Gasteiger partial charge in [-0.1, -0.05) is 15.9 Å². The summed E-state index contributed by atoms with van der Waals surface area (Å²) in [6, 6.07) is 0. The van der Waals surface area contributed by atoms with Gasteiger partial charge in [0.1, 0.15) is 0 Å². The Balaban J connectivity index is 2.32. The van der Waals surface area contributed by atoms with Crippen LogP contribution in [0.1, 0.15) is 24.6 Å². The number of aromatic nitrogens is 2. The average molecular weight is 229 g/mol. The highest BCUT2D eigenvalue weighted by Gasteiger charge is 2.19. The van der Waals surface area contributed by atoms with Crippen molar-refractivity contribution < 1.29 is 0 Å². The first kappa shape index (κ1) is 8.30. The lowest BCUT2D eigenvalue weighted by molar-refractivity contribution is 0.589. The van der Waals surface area contributed by atoms with Crippen LogP contribution in [0.3, 0.4) is 0 Å². The van der Waals surface area contributed by atoms with Crippen LogP contribution < -0.4 is 0 Å². The first-order valence-electron chi connectivity index (χ1n) is 4.49. The molecule has 66 valence electrons. The topological polar surface area (TPSA) is 17.8 Å². The molecule has 1 aromatic rings. The van der Waals surface area contributed by atoms with Gasteiger partial charge in [-0.05, 0) is 31.7 Å². The molecule has 0 spiro atoms. The van der Waals surface area contributed by atoms with Crippen LogP contribution in [-0.2, 0) is 19.4 Å². The van der Waals surface area contributed by atoms with Gasteiger partial charge in [-0.3, -0.25) is 4.68 Å². The van der Waals surface area contributed by atoms with Gasteiger partial charge in [-0.15, -0.1) is 0 Å². The van der Waals surface area contributed by atoms with Crippen molar-refractivity contribution in [3.8, 4) is 0 Å². The first-order chi connectivity index (χ1) is 5.81. The monoisotopic (exact) mass is 228 g/mol. The Morgan fingerprint density at radius 1 is 1.75 bits per heavy atom. The molecule has 2 nitrogen and oxygen atoms in total. The van der Waals surface area contributed by atoms with Crippen LogP contribution in [0.25, 0.3) is 0 Å². The van der Waals surface area contributed by atoms with Crippen molar-refractivity contribution >= 4 is 15.9 Å². The molecule has 0 aromatic carbocycles. The van der Waals surface area contributed by atoms with Crippen LogP contribution >= 0.6 is 15.9 Å². The van der Waals surface area contributed by atoms with Crippen LogP contribution in [0.2, 0.25) is 0 Å². The fraction of sp³-hybridized carbons (Fsp3) is 0.667. The van der Waals surface area contributed by atoms with E-state index in [9.17, 15) is 0 Å².